The first-order chi connectivity index (χ1) is 9.61. The zero-order valence-electron chi connectivity index (χ0n) is 12.8. The Labute approximate surface area is 121 Å². The van der Waals surface area contributed by atoms with Gasteiger partial charge in [0, 0.05) is 7.11 Å². The summed E-state index contributed by atoms with van der Waals surface area (Å²) in [6.07, 6.45) is 7.01. The summed E-state index contributed by atoms with van der Waals surface area (Å²) >= 11 is 0. The fourth-order valence-electron chi connectivity index (χ4n) is 3.07. The van der Waals surface area contributed by atoms with E-state index < -0.39 is 0 Å². The van der Waals surface area contributed by atoms with Gasteiger partial charge in [-0.1, -0.05) is 38.3 Å². The topological polar surface area (TPSA) is 74.2 Å². The Hall–Kier alpha value is -0.940. The quantitative estimate of drug-likeness (QED) is 0.865. The second-order valence-electron chi connectivity index (χ2n) is 6.28. The monoisotopic (exact) mass is 281 g/mol. The predicted octanol–water partition coefficient (Wildman–Crippen LogP) is 3.38. The molecule has 1 heterocycles. The van der Waals surface area contributed by atoms with Crippen LogP contribution in [0.15, 0.2) is 4.52 Å². The smallest absolute Gasteiger partial charge is 0.243 e. The van der Waals surface area contributed by atoms with Gasteiger partial charge in [0.1, 0.15) is 6.10 Å². The highest BCUT2D eigenvalue weighted by Crippen LogP contribution is 2.35. The van der Waals surface area contributed by atoms with Gasteiger partial charge in [-0.3, -0.25) is 0 Å². The van der Waals surface area contributed by atoms with Crippen molar-refractivity contribution in [2.45, 2.75) is 64.5 Å². The third-order valence-electron chi connectivity index (χ3n) is 4.09. The summed E-state index contributed by atoms with van der Waals surface area (Å²) in [4.78, 5) is 4.48. The van der Waals surface area contributed by atoms with Crippen LogP contribution >= 0.6 is 0 Å². The number of ether oxygens (including phenoxy) is 1. The fourth-order valence-corrected chi connectivity index (χ4v) is 3.07. The first-order valence-electron chi connectivity index (χ1n) is 7.73. The lowest BCUT2D eigenvalue weighted by molar-refractivity contribution is 0.0273. The van der Waals surface area contributed by atoms with Gasteiger partial charge in [-0.2, -0.15) is 4.98 Å². The van der Waals surface area contributed by atoms with Crippen molar-refractivity contribution in [3.63, 3.8) is 0 Å². The van der Waals surface area contributed by atoms with Crippen LogP contribution in [0.2, 0.25) is 0 Å². The van der Waals surface area contributed by atoms with Gasteiger partial charge in [0.2, 0.25) is 11.7 Å². The van der Waals surface area contributed by atoms with Crippen LogP contribution in [0.4, 0.5) is 0 Å². The van der Waals surface area contributed by atoms with Crippen molar-refractivity contribution >= 4 is 0 Å². The minimum absolute atomic E-state index is 0.0564. The maximum Gasteiger partial charge on any atom is 0.243 e. The average Bonchev–Trinajstić information content (AvgIpc) is 2.90. The van der Waals surface area contributed by atoms with Crippen LogP contribution in [0.3, 0.4) is 0 Å². The molecule has 1 aliphatic rings. The van der Waals surface area contributed by atoms with Crippen molar-refractivity contribution < 1.29 is 9.26 Å². The molecule has 0 amide bonds. The molecule has 1 aromatic heterocycles. The molecule has 2 N–H and O–H groups in total. The Bertz CT molecular complexity index is 400. The Morgan fingerprint density at radius 2 is 2.00 bits per heavy atom. The minimum Gasteiger partial charge on any atom is -0.373 e. The van der Waals surface area contributed by atoms with Crippen molar-refractivity contribution in [3.8, 4) is 0 Å². The zero-order valence-corrected chi connectivity index (χ0v) is 12.8. The molecule has 20 heavy (non-hydrogen) atoms. The second-order valence-corrected chi connectivity index (χ2v) is 6.28. The van der Waals surface area contributed by atoms with E-state index in [4.69, 9.17) is 15.0 Å². The molecule has 0 spiro atoms. The SMILES string of the molecule is COC(c1noc([C@@H](N)CC(C)C)n1)C1CCCCC1. The van der Waals surface area contributed by atoms with Crippen molar-refractivity contribution in [3.05, 3.63) is 11.7 Å². The molecule has 0 aliphatic heterocycles. The summed E-state index contributed by atoms with van der Waals surface area (Å²) in [6.45, 7) is 4.27. The predicted molar refractivity (Wildman–Crippen MR) is 77.0 cm³/mol. The van der Waals surface area contributed by atoms with Crippen LogP contribution < -0.4 is 5.73 Å². The van der Waals surface area contributed by atoms with Crippen molar-refractivity contribution in [2.24, 2.45) is 17.6 Å². The van der Waals surface area contributed by atoms with E-state index in [1.165, 1.54) is 32.1 Å². The van der Waals surface area contributed by atoms with E-state index in [0.29, 0.717) is 23.6 Å². The molecular weight excluding hydrogens is 254 g/mol. The highest BCUT2D eigenvalue weighted by atomic mass is 16.5. The normalized spacial score (nSPS) is 20.2. The second kappa shape index (κ2) is 7.18. The molecule has 0 saturated heterocycles. The molecule has 0 aromatic carbocycles. The maximum absolute atomic E-state index is 6.09. The number of rotatable bonds is 6. The van der Waals surface area contributed by atoms with Gasteiger partial charge in [-0.15, -0.1) is 0 Å². The van der Waals surface area contributed by atoms with Crippen LogP contribution in [0.5, 0.6) is 0 Å². The third kappa shape index (κ3) is 3.79. The summed E-state index contributed by atoms with van der Waals surface area (Å²) in [6, 6.07) is -0.180. The van der Waals surface area contributed by atoms with Gasteiger partial charge in [0.05, 0.1) is 6.04 Å². The molecule has 114 valence electrons. The molecule has 1 unspecified atom stereocenters. The Morgan fingerprint density at radius 1 is 1.30 bits per heavy atom. The highest BCUT2D eigenvalue weighted by Gasteiger charge is 2.29. The maximum atomic E-state index is 6.09. The first kappa shape index (κ1) is 15.4. The van der Waals surface area contributed by atoms with Crippen molar-refractivity contribution in [1.29, 1.82) is 0 Å². The van der Waals surface area contributed by atoms with Crippen LogP contribution in [0.1, 0.15) is 76.2 Å². The molecule has 5 heteroatoms. The number of methoxy groups -OCH3 is 1. The van der Waals surface area contributed by atoms with E-state index in [2.05, 4.69) is 24.0 Å². The van der Waals surface area contributed by atoms with E-state index >= 15 is 0 Å². The van der Waals surface area contributed by atoms with Crippen LogP contribution in [0, 0.1) is 11.8 Å². The summed E-state index contributed by atoms with van der Waals surface area (Å²) in [5.74, 6) is 2.21. The number of nitrogens with zero attached hydrogens (tertiary/aromatic N) is 2. The molecule has 0 bridgehead atoms. The summed E-state index contributed by atoms with van der Waals surface area (Å²) in [5, 5.41) is 4.10. The first-order valence-corrected chi connectivity index (χ1v) is 7.73. The lowest BCUT2D eigenvalue weighted by atomic mass is 9.85. The van der Waals surface area contributed by atoms with Crippen LogP contribution in [0.25, 0.3) is 0 Å². The summed E-state index contributed by atoms with van der Waals surface area (Å²) in [7, 11) is 1.73. The standard InChI is InChI=1S/C15H27N3O2/c1-10(2)9-12(16)15-17-14(18-20-15)13(19-3)11-7-5-4-6-8-11/h10-13H,4-9,16H2,1-3H3/t12-,13?/m0/s1. The largest absolute Gasteiger partial charge is 0.373 e. The lowest BCUT2D eigenvalue weighted by Crippen LogP contribution is -2.19. The van der Waals surface area contributed by atoms with E-state index in [1.54, 1.807) is 7.11 Å². The fraction of sp³-hybridized carbons (Fsp3) is 0.867. The number of hydrogen-bond acceptors (Lipinski definition) is 5. The van der Waals surface area contributed by atoms with Crippen LogP contribution in [-0.4, -0.2) is 17.3 Å². The lowest BCUT2D eigenvalue weighted by Gasteiger charge is -2.26. The third-order valence-corrected chi connectivity index (χ3v) is 4.09. The Kier molecular flexibility index (Phi) is 5.54. The van der Waals surface area contributed by atoms with Crippen LogP contribution in [-0.2, 0) is 4.74 Å². The molecule has 1 aromatic rings. The number of aromatic nitrogens is 2. The van der Waals surface area contributed by atoms with Gasteiger partial charge < -0.3 is 15.0 Å². The summed E-state index contributed by atoms with van der Waals surface area (Å²) in [5.41, 5.74) is 6.09. The molecule has 5 nitrogen and oxygen atoms in total. The average molecular weight is 281 g/mol. The van der Waals surface area contributed by atoms with Gasteiger partial charge in [0.25, 0.3) is 0 Å². The van der Waals surface area contributed by atoms with Gasteiger partial charge >= 0.3 is 0 Å². The highest BCUT2D eigenvalue weighted by molar-refractivity contribution is 4.97. The molecule has 0 radical (unpaired) electrons. The molecule has 2 rings (SSSR count). The molecule has 2 atom stereocenters. The Morgan fingerprint density at radius 3 is 2.60 bits per heavy atom. The Balaban J connectivity index is 2.05. The zero-order chi connectivity index (χ0) is 14.5. The number of nitrogens with two attached hydrogens (primary N) is 1. The van der Waals surface area contributed by atoms with Gasteiger partial charge in [0.15, 0.2) is 0 Å². The van der Waals surface area contributed by atoms with Gasteiger partial charge in [-0.25, -0.2) is 0 Å². The molecule has 1 fully saturated rings. The van der Waals surface area contributed by atoms with E-state index in [0.717, 1.165) is 6.42 Å². The van der Waals surface area contributed by atoms with Crippen molar-refractivity contribution in [2.75, 3.05) is 7.11 Å². The summed E-state index contributed by atoms with van der Waals surface area (Å²) < 4.78 is 11.0. The van der Waals surface area contributed by atoms with Crippen molar-refractivity contribution in [1.82, 2.24) is 10.1 Å². The minimum atomic E-state index is -0.180. The number of hydrogen-bond donors (Lipinski definition) is 1. The van der Waals surface area contributed by atoms with E-state index in [1.807, 2.05) is 0 Å². The molecule has 1 aliphatic carbocycles. The molecular formula is C15H27N3O2. The van der Waals surface area contributed by atoms with Gasteiger partial charge in [-0.05, 0) is 31.1 Å². The van der Waals surface area contributed by atoms with E-state index in [-0.39, 0.29) is 12.1 Å². The van der Waals surface area contributed by atoms with E-state index in [9.17, 15) is 0 Å². The molecule has 1 saturated carbocycles.